The third kappa shape index (κ3) is 7.09. The minimum Gasteiger partial charge on any atom is -0.468 e. The van der Waals surface area contributed by atoms with Gasteiger partial charge in [-0.1, -0.05) is 24.3 Å². The summed E-state index contributed by atoms with van der Waals surface area (Å²) in [7, 11) is 2.10. The fraction of sp³-hybridized carbons (Fsp3) is 0.542. The van der Waals surface area contributed by atoms with Crippen LogP contribution in [-0.4, -0.2) is 55.9 Å². The fourth-order valence-corrected chi connectivity index (χ4v) is 3.97. The maximum atomic E-state index is 9.46. The van der Waals surface area contributed by atoms with Crippen molar-refractivity contribution in [3.63, 3.8) is 0 Å². The van der Waals surface area contributed by atoms with E-state index in [0.29, 0.717) is 13.2 Å². The molecule has 3 N–H and O–H groups in total. The van der Waals surface area contributed by atoms with E-state index < -0.39 is 0 Å². The highest BCUT2D eigenvalue weighted by Crippen LogP contribution is 2.31. The Morgan fingerprint density at radius 1 is 1.16 bits per heavy atom. The third-order valence-electron chi connectivity index (χ3n) is 5.77. The molecule has 2 aromatic rings. The third-order valence-corrected chi connectivity index (χ3v) is 5.77. The van der Waals surface area contributed by atoms with Crippen LogP contribution in [0.25, 0.3) is 0 Å². The maximum absolute atomic E-state index is 9.46. The second-order valence-corrected chi connectivity index (χ2v) is 8.35. The molecule has 170 valence electrons. The van der Waals surface area contributed by atoms with Crippen molar-refractivity contribution in [1.29, 1.82) is 0 Å². The Morgan fingerprint density at radius 3 is 2.68 bits per heavy atom. The molecule has 1 aromatic carbocycles. The molecule has 3 rings (SSSR count). The Balaban J connectivity index is 1.62. The van der Waals surface area contributed by atoms with E-state index in [9.17, 15) is 5.11 Å². The number of nitrogens with zero attached hydrogens (tertiary/aromatic N) is 2. The van der Waals surface area contributed by atoms with Crippen LogP contribution in [0.4, 0.5) is 0 Å². The van der Waals surface area contributed by atoms with E-state index in [1.807, 2.05) is 12.1 Å². The van der Waals surface area contributed by atoms with Crippen LogP contribution in [0, 0.1) is 5.41 Å². The van der Waals surface area contributed by atoms with E-state index in [0.717, 1.165) is 57.3 Å². The van der Waals surface area contributed by atoms with Gasteiger partial charge in [-0.2, -0.15) is 0 Å². The number of rotatable bonds is 11. The van der Waals surface area contributed by atoms with Crippen molar-refractivity contribution >= 4 is 5.96 Å². The van der Waals surface area contributed by atoms with Crippen LogP contribution in [0.15, 0.2) is 52.1 Å². The van der Waals surface area contributed by atoms with E-state index in [1.54, 1.807) is 6.26 Å². The zero-order valence-electron chi connectivity index (χ0n) is 18.8. The molecule has 0 saturated carbocycles. The Labute approximate surface area is 185 Å². The van der Waals surface area contributed by atoms with Crippen LogP contribution in [0.3, 0.4) is 0 Å². The molecule has 0 bridgehead atoms. The largest absolute Gasteiger partial charge is 0.468 e. The molecule has 0 spiro atoms. The summed E-state index contributed by atoms with van der Waals surface area (Å²) in [6, 6.07) is 12.4. The summed E-state index contributed by atoms with van der Waals surface area (Å²) in [5.74, 6) is 1.76. The first kappa shape index (κ1) is 23.3. The fourth-order valence-electron chi connectivity index (χ4n) is 3.97. The molecule has 1 fully saturated rings. The predicted octanol–water partition coefficient (Wildman–Crippen LogP) is 2.76. The number of benzene rings is 1. The molecule has 1 atom stereocenters. The second kappa shape index (κ2) is 11.9. The molecular formula is C24H36N4O3. The summed E-state index contributed by atoms with van der Waals surface area (Å²) in [4.78, 5) is 7.07. The van der Waals surface area contributed by atoms with Crippen LogP contribution in [0.5, 0.6) is 0 Å². The average Bonchev–Trinajstić information content (AvgIpc) is 3.44. The monoisotopic (exact) mass is 428 g/mol. The molecule has 0 amide bonds. The smallest absolute Gasteiger partial charge is 0.191 e. The number of aliphatic hydroxyl groups is 1. The predicted molar refractivity (Wildman–Crippen MR) is 123 cm³/mol. The summed E-state index contributed by atoms with van der Waals surface area (Å²) in [5, 5.41) is 16.3. The first-order chi connectivity index (χ1) is 15.1. The summed E-state index contributed by atoms with van der Waals surface area (Å²) < 4.78 is 11.1. The first-order valence-corrected chi connectivity index (χ1v) is 11.1. The molecule has 1 aliphatic rings. The molecule has 7 nitrogen and oxygen atoms in total. The summed E-state index contributed by atoms with van der Waals surface area (Å²) in [6.45, 7) is 7.42. The summed E-state index contributed by atoms with van der Waals surface area (Å²) in [6.07, 6.45) is 3.42. The number of ether oxygens (including phenoxy) is 1. The van der Waals surface area contributed by atoms with Gasteiger partial charge < -0.3 is 24.9 Å². The van der Waals surface area contributed by atoms with Gasteiger partial charge in [-0.05, 0) is 50.1 Å². The van der Waals surface area contributed by atoms with Gasteiger partial charge in [-0.3, -0.25) is 4.90 Å². The van der Waals surface area contributed by atoms with Crippen molar-refractivity contribution in [3.8, 4) is 0 Å². The molecular weight excluding hydrogens is 392 g/mol. The van der Waals surface area contributed by atoms with Crippen molar-refractivity contribution in [2.45, 2.75) is 39.4 Å². The summed E-state index contributed by atoms with van der Waals surface area (Å²) in [5.41, 5.74) is 2.45. The van der Waals surface area contributed by atoms with Crippen LogP contribution < -0.4 is 10.6 Å². The van der Waals surface area contributed by atoms with Crippen LogP contribution in [0.1, 0.15) is 36.7 Å². The minimum atomic E-state index is -0.0165. The number of furan rings is 1. The molecule has 31 heavy (non-hydrogen) atoms. The van der Waals surface area contributed by atoms with E-state index in [-0.39, 0.29) is 12.0 Å². The van der Waals surface area contributed by atoms with Gasteiger partial charge in [0.1, 0.15) is 5.76 Å². The Morgan fingerprint density at radius 2 is 2.00 bits per heavy atom. The zero-order chi connectivity index (χ0) is 21.9. The zero-order valence-corrected chi connectivity index (χ0v) is 18.8. The number of aliphatic imine (C=N–C) groups is 1. The van der Waals surface area contributed by atoms with Gasteiger partial charge in [-0.25, -0.2) is 4.99 Å². The lowest BCUT2D eigenvalue weighted by Gasteiger charge is -2.27. The average molecular weight is 429 g/mol. The Kier molecular flexibility index (Phi) is 8.94. The standard InChI is InChI=1S/C24H36N4O3/c1-3-25-23(27-18-24(10-12-29)11-14-30-19-24)26-15-20-7-4-5-8-21(20)16-28(2)17-22-9-6-13-31-22/h4-9,13,29H,3,10-12,14-19H2,1-2H3,(H2,25,26,27). The number of hydrogen-bond acceptors (Lipinski definition) is 5. The Hall–Kier alpha value is -2.35. The van der Waals surface area contributed by atoms with Gasteiger partial charge in [-0.15, -0.1) is 0 Å². The molecule has 7 heteroatoms. The van der Waals surface area contributed by atoms with Crippen molar-refractivity contribution in [2.24, 2.45) is 10.4 Å². The van der Waals surface area contributed by atoms with Crippen molar-refractivity contribution in [3.05, 3.63) is 59.5 Å². The number of nitrogens with one attached hydrogen (secondary N) is 2. The van der Waals surface area contributed by atoms with E-state index in [4.69, 9.17) is 14.1 Å². The molecule has 2 heterocycles. The van der Waals surface area contributed by atoms with Crippen LogP contribution in [0.2, 0.25) is 0 Å². The van der Waals surface area contributed by atoms with E-state index in [1.165, 1.54) is 11.1 Å². The van der Waals surface area contributed by atoms with Crippen molar-refractivity contribution in [2.75, 3.05) is 40.0 Å². The SMILES string of the molecule is CCNC(=NCc1ccccc1CN(C)Cc1ccco1)NCC1(CCO)CCOC1. The highest BCUT2D eigenvalue weighted by atomic mass is 16.5. The summed E-state index contributed by atoms with van der Waals surface area (Å²) >= 11 is 0. The van der Waals surface area contributed by atoms with E-state index >= 15 is 0 Å². The van der Waals surface area contributed by atoms with Crippen molar-refractivity contribution < 1.29 is 14.3 Å². The lowest BCUT2D eigenvalue weighted by molar-refractivity contribution is 0.127. The highest BCUT2D eigenvalue weighted by Gasteiger charge is 2.34. The lowest BCUT2D eigenvalue weighted by Crippen LogP contribution is -2.44. The number of aliphatic hydroxyl groups excluding tert-OH is 1. The number of guanidine groups is 1. The van der Waals surface area contributed by atoms with Gasteiger partial charge >= 0.3 is 0 Å². The lowest BCUT2D eigenvalue weighted by atomic mass is 9.84. The van der Waals surface area contributed by atoms with Gasteiger partial charge in [0.05, 0.1) is 26.0 Å². The molecule has 1 saturated heterocycles. The molecule has 0 aliphatic carbocycles. The molecule has 0 radical (unpaired) electrons. The van der Waals surface area contributed by atoms with Crippen LogP contribution in [-0.2, 0) is 24.4 Å². The second-order valence-electron chi connectivity index (χ2n) is 8.35. The van der Waals surface area contributed by atoms with Gasteiger partial charge in [0.25, 0.3) is 0 Å². The van der Waals surface area contributed by atoms with Gasteiger partial charge in [0, 0.05) is 38.3 Å². The van der Waals surface area contributed by atoms with Crippen molar-refractivity contribution in [1.82, 2.24) is 15.5 Å². The quantitative estimate of drug-likeness (QED) is 0.377. The normalized spacial score (nSPS) is 19.2. The van der Waals surface area contributed by atoms with Gasteiger partial charge in [0.15, 0.2) is 5.96 Å². The molecule has 1 unspecified atom stereocenters. The highest BCUT2D eigenvalue weighted by molar-refractivity contribution is 5.79. The first-order valence-electron chi connectivity index (χ1n) is 11.1. The molecule has 1 aliphatic heterocycles. The topological polar surface area (TPSA) is 82.3 Å². The van der Waals surface area contributed by atoms with E-state index in [2.05, 4.69) is 53.8 Å². The number of hydrogen-bond donors (Lipinski definition) is 3. The maximum Gasteiger partial charge on any atom is 0.191 e. The minimum absolute atomic E-state index is 0.0165. The Bertz CT molecular complexity index is 801. The van der Waals surface area contributed by atoms with Gasteiger partial charge in [0.2, 0.25) is 0 Å². The molecule has 1 aromatic heterocycles. The van der Waals surface area contributed by atoms with Crippen LogP contribution >= 0.6 is 0 Å².